The van der Waals surface area contributed by atoms with Gasteiger partial charge in [0.25, 0.3) is 0 Å². The van der Waals surface area contributed by atoms with Crippen LogP contribution < -0.4 is 10.6 Å². The van der Waals surface area contributed by atoms with Gasteiger partial charge in [-0.2, -0.15) is 0 Å². The molecule has 2 aliphatic carbocycles. The first-order valence-electron chi connectivity index (χ1n) is 13.8. The fourth-order valence-corrected chi connectivity index (χ4v) is 15.1. The van der Waals surface area contributed by atoms with Gasteiger partial charge in [-0.1, -0.05) is 156 Å². The molecule has 0 spiro atoms. The maximum Gasteiger partial charge on any atom is 2.00 e. The molecule has 0 aromatic heterocycles. The standard InChI is InChI=1S/C27H40P2.C5H10.2CH3.Fe/c1-21(24-19-14-20-25(24)29(26(2,3)4)27(5,6)7)28(22-15-10-8-11-16-22)23-17-12-9-13-18-23;1-2-4-5-3-1;;;/h8-13,15-18,21,24-25H,14,19-20H2,1-7H3;1-5H2;2*1H3;/q;;2*-1;+2/t21-,24?,25?;;;;/m1..../s1. The molecule has 0 nitrogen and oxygen atoms in total. The molecular formula is C34H56FeP2. The van der Waals surface area contributed by atoms with Crippen LogP contribution in [0.1, 0.15) is 99.8 Å². The van der Waals surface area contributed by atoms with Crippen molar-refractivity contribution < 1.29 is 17.1 Å². The largest absolute Gasteiger partial charge is 2.00 e. The first-order chi connectivity index (χ1) is 16.1. The van der Waals surface area contributed by atoms with E-state index in [0.717, 1.165) is 17.2 Å². The minimum atomic E-state index is -0.336. The molecule has 4 rings (SSSR count). The molecule has 0 aliphatic heterocycles. The summed E-state index contributed by atoms with van der Waals surface area (Å²) in [5.74, 6) is 0.839. The summed E-state index contributed by atoms with van der Waals surface area (Å²) in [4.78, 5) is 0. The summed E-state index contributed by atoms with van der Waals surface area (Å²) in [5, 5.41) is 3.90. The van der Waals surface area contributed by atoms with Gasteiger partial charge in [0.15, 0.2) is 0 Å². The van der Waals surface area contributed by atoms with Crippen molar-refractivity contribution in [1.82, 2.24) is 0 Å². The minimum Gasteiger partial charge on any atom is -0.358 e. The zero-order chi connectivity index (χ0) is 24.8. The van der Waals surface area contributed by atoms with Crippen LogP contribution >= 0.6 is 15.8 Å². The molecule has 2 fully saturated rings. The van der Waals surface area contributed by atoms with Crippen LogP contribution in [0.15, 0.2) is 60.7 Å². The van der Waals surface area contributed by atoms with Crippen LogP contribution in [0.4, 0.5) is 0 Å². The van der Waals surface area contributed by atoms with Crippen LogP contribution in [-0.4, -0.2) is 21.6 Å². The van der Waals surface area contributed by atoms with E-state index in [1.165, 1.54) is 51.4 Å². The quantitative estimate of drug-likeness (QED) is 0.187. The molecule has 37 heavy (non-hydrogen) atoms. The van der Waals surface area contributed by atoms with Crippen LogP contribution in [0, 0.1) is 20.8 Å². The molecule has 210 valence electrons. The summed E-state index contributed by atoms with van der Waals surface area (Å²) in [6.07, 6.45) is 11.8. The van der Waals surface area contributed by atoms with Gasteiger partial charge in [0.1, 0.15) is 0 Å². The molecule has 0 heterocycles. The van der Waals surface area contributed by atoms with Gasteiger partial charge in [-0.05, 0) is 58.9 Å². The Hall–Kier alpha value is -0.181. The van der Waals surface area contributed by atoms with E-state index >= 15 is 0 Å². The summed E-state index contributed by atoms with van der Waals surface area (Å²) in [6, 6.07) is 22.7. The van der Waals surface area contributed by atoms with Crippen LogP contribution in [0.5, 0.6) is 0 Å². The minimum absolute atomic E-state index is 0. The molecule has 2 unspecified atom stereocenters. The summed E-state index contributed by atoms with van der Waals surface area (Å²) >= 11 is 0. The predicted octanol–water partition coefficient (Wildman–Crippen LogP) is 10.6. The molecule has 2 aromatic rings. The van der Waals surface area contributed by atoms with Gasteiger partial charge in [0, 0.05) is 0 Å². The summed E-state index contributed by atoms with van der Waals surface area (Å²) < 4.78 is 0. The molecule has 2 aromatic carbocycles. The number of hydrogen-bond acceptors (Lipinski definition) is 0. The molecule has 0 radical (unpaired) electrons. The van der Waals surface area contributed by atoms with Crippen LogP contribution in [0.2, 0.25) is 0 Å². The van der Waals surface area contributed by atoms with Crippen molar-refractivity contribution in [2.24, 2.45) is 5.92 Å². The fourth-order valence-electron chi connectivity index (χ4n) is 6.73. The molecule has 0 saturated heterocycles. The second kappa shape index (κ2) is 16.8. The number of hydrogen-bond donors (Lipinski definition) is 0. The summed E-state index contributed by atoms with van der Waals surface area (Å²) in [7, 11) is -0.404. The molecule has 0 N–H and O–H groups in total. The Morgan fingerprint density at radius 1 is 0.622 bits per heavy atom. The normalized spacial score (nSPS) is 20.2. The van der Waals surface area contributed by atoms with E-state index in [4.69, 9.17) is 0 Å². The van der Waals surface area contributed by atoms with Gasteiger partial charge in [-0.25, -0.2) is 0 Å². The van der Waals surface area contributed by atoms with E-state index in [9.17, 15) is 0 Å². The SMILES string of the molecule is C1CCCC1.C[C@H](C1CCCC1P(C(C)(C)C)C(C)(C)C)P(c1ccccc1)c1ccccc1.[CH3-].[CH3-].[Fe+2]. The Morgan fingerprint density at radius 2 is 1.00 bits per heavy atom. The van der Waals surface area contributed by atoms with E-state index in [2.05, 4.69) is 109 Å². The van der Waals surface area contributed by atoms with E-state index < -0.39 is 0 Å². The predicted molar refractivity (Wildman–Crippen MR) is 172 cm³/mol. The summed E-state index contributed by atoms with van der Waals surface area (Å²) in [5.41, 5.74) is 1.61. The average Bonchev–Trinajstić information content (AvgIpc) is 3.49. The summed E-state index contributed by atoms with van der Waals surface area (Å²) in [6.45, 7) is 17.6. The monoisotopic (exact) mass is 582 g/mol. The van der Waals surface area contributed by atoms with Crippen LogP contribution in [0.25, 0.3) is 0 Å². The van der Waals surface area contributed by atoms with E-state index in [-0.39, 0.29) is 47.8 Å². The van der Waals surface area contributed by atoms with E-state index in [1.807, 2.05) is 0 Å². The molecule has 3 heteroatoms. The van der Waals surface area contributed by atoms with Crippen molar-refractivity contribution in [2.75, 3.05) is 0 Å². The van der Waals surface area contributed by atoms with Gasteiger partial charge < -0.3 is 14.9 Å². The molecule has 2 saturated carbocycles. The fraction of sp³-hybridized carbons (Fsp3) is 0.588. The van der Waals surface area contributed by atoms with Crippen LogP contribution in [0.3, 0.4) is 0 Å². The van der Waals surface area contributed by atoms with Crippen LogP contribution in [-0.2, 0) is 17.1 Å². The van der Waals surface area contributed by atoms with Crippen molar-refractivity contribution in [2.45, 2.75) is 121 Å². The van der Waals surface area contributed by atoms with Crippen molar-refractivity contribution in [3.8, 4) is 0 Å². The molecule has 3 atom stereocenters. The van der Waals surface area contributed by atoms with Crippen molar-refractivity contribution in [3.63, 3.8) is 0 Å². The number of rotatable bonds is 5. The Kier molecular flexibility index (Phi) is 16.7. The molecule has 2 aliphatic rings. The third-order valence-electron chi connectivity index (χ3n) is 7.65. The first kappa shape index (κ1) is 36.8. The first-order valence-corrected chi connectivity index (χ1v) is 16.6. The van der Waals surface area contributed by atoms with Gasteiger partial charge >= 0.3 is 17.1 Å². The smallest absolute Gasteiger partial charge is 0.358 e. The Morgan fingerprint density at radius 3 is 1.35 bits per heavy atom. The molecular weight excluding hydrogens is 526 g/mol. The van der Waals surface area contributed by atoms with Crippen molar-refractivity contribution in [3.05, 3.63) is 75.5 Å². The maximum absolute atomic E-state index is 2.58. The van der Waals surface area contributed by atoms with Gasteiger partial charge in [0.05, 0.1) is 0 Å². The number of benzene rings is 2. The van der Waals surface area contributed by atoms with E-state index in [0.29, 0.717) is 10.3 Å². The Labute approximate surface area is 245 Å². The Bertz CT molecular complexity index is 773. The van der Waals surface area contributed by atoms with Gasteiger partial charge in [-0.3, -0.25) is 0 Å². The van der Waals surface area contributed by atoms with E-state index in [1.54, 1.807) is 10.6 Å². The molecule has 0 amide bonds. The van der Waals surface area contributed by atoms with Gasteiger partial charge in [-0.15, -0.1) is 0 Å². The second-order valence-corrected chi connectivity index (χ2v) is 19.1. The van der Waals surface area contributed by atoms with Gasteiger partial charge in [0.2, 0.25) is 0 Å². The maximum atomic E-state index is 2.58. The molecule has 0 bridgehead atoms. The average molecular weight is 583 g/mol. The third kappa shape index (κ3) is 10.4. The van der Waals surface area contributed by atoms with Crippen molar-refractivity contribution >= 4 is 26.5 Å². The second-order valence-electron chi connectivity index (χ2n) is 12.4. The zero-order valence-electron chi connectivity index (χ0n) is 25.4. The zero-order valence-corrected chi connectivity index (χ0v) is 28.3. The third-order valence-corrected chi connectivity index (χ3v) is 14.8. The van der Waals surface area contributed by atoms with Crippen molar-refractivity contribution in [1.29, 1.82) is 0 Å². The Balaban J connectivity index is 0.00000145. The topological polar surface area (TPSA) is 0 Å².